The standard InChI is InChI=1S/C16H20N2O3/c1-16(2,9-17)10-18(3)14(19)12-8-11-6-4-5-7-13(11)21-15(12)20/h4-8H,9-10,17H2,1-3H3. The number of nitrogens with two attached hydrogens (primary N) is 1. The van der Waals surface area contributed by atoms with Crippen LogP contribution < -0.4 is 11.4 Å². The second-order valence-corrected chi connectivity index (χ2v) is 6.01. The van der Waals surface area contributed by atoms with Gasteiger partial charge in [0.25, 0.3) is 5.91 Å². The minimum atomic E-state index is -0.615. The summed E-state index contributed by atoms with van der Waals surface area (Å²) >= 11 is 0. The molecule has 0 aliphatic rings. The average molecular weight is 288 g/mol. The summed E-state index contributed by atoms with van der Waals surface area (Å²) in [5.74, 6) is -0.351. The van der Waals surface area contributed by atoms with E-state index in [0.717, 1.165) is 5.39 Å². The Kier molecular flexibility index (Phi) is 4.14. The number of rotatable bonds is 4. The van der Waals surface area contributed by atoms with Gasteiger partial charge in [0.2, 0.25) is 0 Å². The number of amides is 1. The van der Waals surface area contributed by atoms with Gasteiger partial charge in [-0.25, -0.2) is 4.79 Å². The van der Waals surface area contributed by atoms with Gasteiger partial charge >= 0.3 is 5.63 Å². The van der Waals surface area contributed by atoms with E-state index in [0.29, 0.717) is 18.7 Å². The molecule has 2 rings (SSSR count). The molecule has 0 aliphatic carbocycles. The van der Waals surface area contributed by atoms with Crippen molar-refractivity contribution < 1.29 is 9.21 Å². The molecule has 1 aromatic carbocycles. The van der Waals surface area contributed by atoms with Crippen molar-refractivity contribution in [1.82, 2.24) is 4.90 Å². The molecule has 5 heteroatoms. The Hall–Kier alpha value is -2.14. The zero-order valence-electron chi connectivity index (χ0n) is 12.6. The van der Waals surface area contributed by atoms with Crippen LogP contribution in [0.2, 0.25) is 0 Å². The topological polar surface area (TPSA) is 76.5 Å². The SMILES string of the molecule is CN(CC(C)(C)CN)C(=O)c1cc2ccccc2oc1=O. The molecule has 112 valence electrons. The Bertz CT molecular complexity index is 719. The minimum absolute atomic E-state index is 0.0454. The van der Waals surface area contributed by atoms with Crippen LogP contribution in [0.4, 0.5) is 0 Å². The summed E-state index contributed by atoms with van der Waals surface area (Å²) in [6, 6.07) is 8.70. The van der Waals surface area contributed by atoms with Crippen LogP contribution in [-0.4, -0.2) is 30.9 Å². The fraction of sp³-hybridized carbons (Fsp3) is 0.375. The summed E-state index contributed by atoms with van der Waals surface area (Å²) in [6.45, 7) is 4.87. The summed E-state index contributed by atoms with van der Waals surface area (Å²) in [5, 5.41) is 0.729. The molecular formula is C16H20N2O3. The lowest BCUT2D eigenvalue weighted by atomic mass is 9.93. The Labute approximate surface area is 123 Å². The Morgan fingerprint density at radius 1 is 1.33 bits per heavy atom. The molecule has 2 aromatic rings. The van der Waals surface area contributed by atoms with Crippen LogP contribution >= 0.6 is 0 Å². The first kappa shape index (κ1) is 15.3. The van der Waals surface area contributed by atoms with Gasteiger partial charge in [-0.1, -0.05) is 32.0 Å². The second-order valence-electron chi connectivity index (χ2n) is 6.01. The van der Waals surface area contributed by atoms with Crippen molar-refractivity contribution >= 4 is 16.9 Å². The highest BCUT2D eigenvalue weighted by Crippen LogP contribution is 2.17. The van der Waals surface area contributed by atoms with Crippen LogP contribution in [0.5, 0.6) is 0 Å². The molecule has 0 saturated carbocycles. The highest BCUT2D eigenvalue weighted by Gasteiger charge is 2.24. The van der Waals surface area contributed by atoms with Gasteiger partial charge in [-0.05, 0) is 24.1 Å². The lowest BCUT2D eigenvalue weighted by Gasteiger charge is -2.28. The van der Waals surface area contributed by atoms with Gasteiger partial charge in [0.05, 0.1) is 0 Å². The van der Waals surface area contributed by atoms with E-state index < -0.39 is 5.63 Å². The average Bonchev–Trinajstić information content (AvgIpc) is 2.45. The molecule has 1 aromatic heterocycles. The van der Waals surface area contributed by atoms with Gasteiger partial charge in [-0.2, -0.15) is 0 Å². The Balaban J connectivity index is 2.35. The molecule has 5 nitrogen and oxygen atoms in total. The quantitative estimate of drug-likeness (QED) is 0.871. The minimum Gasteiger partial charge on any atom is -0.422 e. The van der Waals surface area contributed by atoms with Crippen molar-refractivity contribution in [3.8, 4) is 0 Å². The van der Waals surface area contributed by atoms with E-state index in [4.69, 9.17) is 10.2 Å². The van der Waals surface area contributed by atoms with Crippen LogP contribution in [0.3, 0.4) is 0 Å². The van der Waals surface area contributed by atoms with Gasteiger partial charge in [0.1, 0.15) is 11.1 Å². The van der Waals surface area contributed by atoms with Crippen LogP contribution in [0.15, 0.2) is 39.5 Å². The van der Waals surface area contributed by atoms with Gasteiger partial charge < -0.3 is 15.1 Å². The predicted octanol–water partition coefficient (Wildman–Crippen LogP) is 1.85. The lowest BCUT2D eigenvalue weighted by Crippen LogP contribution is -2.41. The first-order valence-corrected chi connectivity index (χ1v) is 6.82. The molecule has 2 N–H and O–H groups in total. The molecule has 0 atom stereocenters. The van der Waals surface area contributed by atoms with Gasteiger partial charge in [0, 0.05) is 19.0 Å². The molecule has 0 aliphatic heterocycles. The zero-order valence-corrected chi connectivity index (χ0v) is 12.6. The van der Waals surface area contributed by atoms with Crippen molar-refractivity contribution in [3.05, 3.63) is 46.3 Å². The smallest absolute Gasteiger partial charge is 0.349 e. The maximum absolute atomic E-state index is 12.4. The van der Waals surface area contributed by atoms with Crippen LogP contribution in [0.25, 0.3) is 11.0 Å². The Morgan fingerprint density at radius 2 is 2.00 bits per heavy atom. The van der Waals surface area contributed by atoms with E-state index in [1.807, 2.05) is 19.9 Å². The third-order valence-corrected chi connectivity index (χ3v) is 3.44. The van der Waals surface area contributed by atoms with E-state index in [9.17, 15) is 9.59 Å². The molecule has 0 fully saturated rings. The van der Waals surface area contributed by atoms with E-state index >= 15 is 0 Å². The van der Waals surface area contributed by atoms with Gasteiger partial charge in [-0.15, -0.1) is 0 Å². The molecule has 21 heavy (non-hydrogen) atoms. The van der Waals surface area contributed by atoms with E-state index in [-0.39, 0.29) is 16.9 Å². The number of fused-ring (bicyclic) bond motifs is 1. The third kappa shape index (κ3) is 3.31. The summed E-state index contributed by atoms with van der Waals surface area (Å²) in [6.07, 6.45) is 0. The van der Waals surface area contributed by atoms with Crippen molar-refractivity contribution in [2.24, 2.45) is 11.1 Å². The second kappa shape index (κ2) is 5.69. The first-order chi connectivity index (χ1) is 9.84. The highest BCUT2D eigenvalue weighted by molar-refractivity contribution is 5.96. The number of hydrogen-bond acceptors (Lipinski definition) is 4. The maximum Gasteiger partial charge on any atom is 0.349 e. The first-order valence-electron chi connectivity index (χ1n) is 6.82. The highest BCUT2D eigenvalue weighted by atomic mass is 16.4. The van der Waals surface area contributed by atoms with Crippen molar-refractivity contribution in [3.63, 3.8) is 0 Å². The normalized spacial score (nSPS) is 11.6. The molecule has 1 amide bonds. The number of nitrogens with zero attached hydrogens (tertiary/aromatic N) is 1. The van der Waals surface area contributed by atoms with E-state index in [2.05, 4.69) is 0 Å². The predicted molar refractivity (Wildman–Crippen MR) is 82.3 cm³/mol. The molecule has 0 bridgehead atoms. The van der Waals surface area contributed by atoms with Crippen LogP contribution in [-0.2, 0) is 0 Å². The molecular weight excluding hydrogens is 268 g/mol. The number of benzene rings is 1. The monoisotopic (exact) mass is 288 g/mol. The number of carbonyl (C=O) groups is 1. The molecule has 0 radical (unpaired) electrons. The summed E-state index contributed by atoms with van der Waals surface area (Å²) in [5.41, 5.74) is 5.38. The lowest BCUT2D eigenvalue weighted by molar-refractivity contribution is 0.0736. The molecule has 0 spiro atoms. The third-order valence-electron chi connectivity index (χ3n) is 3.44. The largest absolute Gasteiger partial charge is 0.422 e. The number of carbonyl (C=O) groups excluding carboxylic acids is 1. The van der Waals surface area contributed by atoms with Gasteiger partial charge in [0.15, 0.2) is 0 Å². The number of hydrogen-bond donors (Lipinski definition) is 1. The van der Waals surface area contributed by atoms with Crippen LogP contribution in [0, 0.1) is 5.41 Å². The molecule has 0 unspecified atom stereocenters. The van der Waals surface area contributed by atoms with Crippen molar-refractivity contribution in [1.29, 1.82) is 0 Å². The fourth-order valence-corrected chi connectivity index (χ4v) is 2.20. The van der Waals surface area contributed by atoms with Crippen molar-refractivity contribution in [2.75, 3.05) is 20.1 Å². The van der Waals surface area contributed by atoms with E-state index in [1.54, 1.807) is 31.3 Å². The van der Waals surface area contributed by atoms with Crippen LogP contribution in [0.1, 0.15) is 24.2 Å². The summed E-state index contributed by atoms with van der Waals surface area (Å²) < 4.78 is 5.19. The Morgan fingerprint density at radius 3 is 2.67 bits per heavy atom. The molecule has 1 heterocycles. The maximum atomic E-state index is 12.4. The van der Waals surface area contributed by atoms with Gasteiger partial charge in [-0.3, -0.25) is 4.79 Å². The summed E-state index contributed by atoms with van der Waals surface area (Å²) in [4.78, 5) is 25.9. The van der Waals surface area contributed by atoms with E-state index in [1.165, 1.54) is 4.90 Å². The fourth-order valence-electron chi connectivity index (χ4n) is 2.20. The summed E-state index contributed by atoms with van der Waals surface area (Å²) in [7, 11) is 1.66. The number of para-hydroxylation sites is 1. The molecule has 0 saturated heterocycles. The van der Waals surface area contributed by atoms with Crippen molar-refractivity contribution in [2.45, 2.75) is 13.8 Å². The zero-order chi connectivity index (χ0) is 15.6.